The van der Waals surface area contributed by atoms with Crippen LogP contribution in [0, 0.1) is 0 Å². The lowest BCUT2D eigenvalue weighted by Gasteiger charge is -2.04. The second-order valence-corrected chi connectivity index (χ2v) is 5.37. The summed E-state index contributed by atoms with van der Waals surface area (Å²) in [6.07, 6.45) is 5.71. The van der Waals surface area contributed by atoms with E-state index in [4.69, 9.17) is 16.3 Å². The van der Waals surface area contributed by atoms with Gasteiger partial charge >= 0.3 is 0 Å². The number of rotatable bonds is 2. The van der Waals surface area contributed by atoms with Crippen molar-refractivity contribution >= 4 is 22.8 Å². The summed E-state index contributed by atoms with van der Waals surface area (Å²) in [6.45, 7) is 2.71. The molecule has 6 heteroatoms. The highest BCUT2D eigenvalue weighted by Crippen LogP contribution is 2.19. The Kier molecular flexibility index (Phi) is 4.98. The van der Waals surface area contributed by atoms with Crippen LogP contribution < -0.4 is 0 Å². The molecule has 0 N–H and O–H groups in total. The minimum Gasteiger partial charge on any atom is -0.381 e. The van der Waals surface area contributed by atoms with Crippen LogP contribution in [0.1, 0.15) is 18.4 Å². The number of nitrogens with zero attached hydrogens (tertiary/aromatic N) is 4. The molecule has 3 aromatic rings. The van der Waals surface area contributed by atoms with Gasteiger partial charge in [0.05, 0.1) is 6.33 Å². The van der Waals surface area contributed by atoms with Crippen LogP contribution in [0.15, 0.2) is 43.0 Å². The molecular formula is C16H17ClN4O. The van der Waals surface area contributed by atoms with Crippen LogP contribution in [0.25, 0.3) is 11.2 Å². The predicted molar refractivity (Wildman–Crippen MR) is 85.9 cm³/mol. The van der Waals surface area contributed by atoms with E-state index in [1.807, 2.05) is 22.8 Å². The molecule has 0 bridgehead atoms. The number of imidazole rings is 1. The summed E-state index contributed by atoms with van der Waals surface area (Å²) in [5, 5.41) is 0.434. The van der Waals surface area contributed by atoms with Gasteiger partial charge in [0.1, 0.15) is 11.8 Å². The van der Waals surface area contributed by atoms with Gasteiger partial charge in [0.15, 0.2) is 10.8 Å². The third-order valence-electron chi connectivity index (χ3n) is 3.39. The predicted octanol–water partition coefficient (Wildman–Crippen LogP) is 3.32. The number of fused-ring (bicyclic) bond motifs is 1. The van der Waals surface area contributed by atoms with E-state index in [2.05, 4.69) is 27.1 Å². The fourth-order valence-electron chi connectivity index (χ4n) is 2.28. The molecule has 1 aromatic carbocycles. The van der Waals surface area contributed by atoms with E-state index in [1.165, 1.54) is 24.7 Å². The Bertz CT molecular complexity index is 718. The summed E-state index contributed by atoms with van der Waals surface area (Å²) >= 11 is 6.06. The molecule has 1 saturated heterocycles. The zero-order chi connectivity index (χ0) is 15.2. The molecule has 0 amide bonds. The van der Waals surface area contributed by atoms with Gasteiger partial charge in [-0.05, 0) is 18.4 Å². The Balaban J connectivity index is 0.000000246. The van der Waals surface area contributed by atoms with Crippen molar-refractivity contribution in [3.8, 4) is 0 Å². The maximum absolute atomic E-state index is 6.06. The quantitative estimate of drug-likeness (QED) is 0.681. The average Bonchev–Trinajstić information content (AvgIpc) is 3.22. The fourth-order valence-corrected chi connectivity index (χ4v) is 2.52. The van der Waals surface area contributed by atoms with Crippen LogP contribution in [-0.4, -0.2) is 32.7 Å². The minimum absolute atomic E-state index is 0.434. The van der Waals surface area contributed by atoms with Crippen molar-refractivity contribution in [2.45, 2.75) is 19.4 Å². The van der Waals surface area contributed by atoms with E-state index in [9.17, 15) is 0 Å². The average molecular weight is 317 g/mol. The van der Waals surface area contributed by atoms with E-state index >= 15 is 0 Å². The summed E-state index contributed by atoms with van der Waals surface area (Å²) in [6, 6.07) is 10.1. The highest BCUT2D eigenvalue weighted by molar-refractivity contribution is 6.33. The Morgan fingerprint density at radius 3 is 2.50 bits per heavy atom. The lowest BCUT2D eigenvalue weighted by molar-refractivity contribution is 0.198. The number of hydrogen-bond acceptors (Lipinski definition) is 4. The summed E-state index contributed by atoms with van der Waals surface area (Å²) in [7, 11) is 0. The van der Waals surface area contributed by atoms with Crippen molar-refractivity contribution in [2.24, 2.45) is 0 Å². The first-order chi connectivity index (χ1) is 10.8. The molecule has 0 aliphatic carbocycles. The maximum atomic E-state index is 6.06. The largest absolute Gasteiger partial charge is 0.381 e. The second kappa shape index (κ2) is 7.33. The van der Waals surface area contributed by atoms with Gasteiger partial charge in [-0.3, -0.25) is 0 Å². The molecule has 2 aromatic heterocycles. The van der Waals surface area contributed by atoms with Gasteiger partial charge in [-0.25, -0.2) is 15.0 Å². The van der Waals surface area contributed by atoms with Gasteiger partial charge in [-0.2, -0.15) is 0 Å². The zero-order valence-corrected chi connectivity index (χ0v) is 12.9. The first kappa shape index (κ1) is 14.9. The van der Waals surface area contributed by atoms with Gasteiger partial charge in [-0.15, -0.1) is 0 Å². The summed E-state index contributed by atoms with van der Waals surface area (Å²) in [5.41, 5.74) is 2.59. The van der Waals surface area contributed by atoms with E-state index in [1.54, 1.807) is 6.33 Å². The molecule has 0 atom stereocenters. The third-order valence-corrected chi connectivity index (χ3v) is 3.66. The monoisotopic (exact) mass is 316 g/mol. The summed E-state index contributed by atoms with van der Waals surface area (Å²) < 4.78 is 6.90. The molecule has 5 nitrogen and oxygen atoms in total. The van der Waals surface area contributed by atoms with Crippen LogP contribution in [-0.2, 0) is 11.3 Å². The highest BCUT2D eigenvalue weighted by Gasteiger charge is 2.08. The number of ether oxygens (including phenoxy) is 1. The molecule has 3 heterocycles. The molecule has 1 aliphatic heterocycles. The SMILES string of the molecule is C1CCOC1.Clc1ncnc2ncn(Cc3ccccc3)c12. The highest BCUT2D eigenvalue weighted by atomic mass is 35.5. The normalized spacial score (nSPS) is 13.9. The Hall–Kier alpha value is -1.98. The molecule has 0 spiro atoms. The first-order valence-electron chi connectivity index (χ1n) is 7.27. The van der Waals surface area contributed by atoms with Crippen LogP contribution in [0.4, 0.5) is 0 Å². The van der Waals surface area contributed by atoms with Crippen LogP contribution in [0.5, 0.6) is 0 Å². The summed E-state index contributed by atoms with van der Waals surface area (Å²) in [4.78, 5) is 12.3. The number of halogens is 1. The molecule has 1 fully saturated rings. The third kappa shape index (κ3) is 3.61. The standard InChI is InChI=1S/C12H9ClN4.C4H8O/c13-11-10-12(15-7-14-11)16-8-17(10)6-9-4-2-1-3-5-9;1-2-4-5-3-1/h1-5,7-8H,6H2;1-4H2. The van der Waals surface area contributed by atoms with Gasteiger partial charge in [0.2, 0.25) is 0 Å². The van der Waals surface area contributed by atoms with Crippen molar-refractivity contribution in [3.63, 3.8) is 0 Å². The molecule has 114 valence electrons. The molecule has 4 rings (SSSR count). The van der Waals surface area contributed by atoms with Crippen molar-refractivity contribution in [1.29, 1.82) is 0 Å². The smallest absolute Gasteiger partial charge is 0.182 e. The number of hydrogen-bond donors (Lipinski definition) is 0. The van der Waals surface area contributed by atoms with E-state index in [0.29, 0.717) is 17.3 Å². The van der Waals surface area contributed by atoms with E-state index in [0.717, 1.165) is 18.7 Å². The fraction of sp³-hybridized carbons (Fsp3) is 0.312. The topological polar surface area (TPSA) is 52.8 Å². The Morgan fingerprint density at radius 2 is 1.82 bits per heavy atom. The lowest BCUT2D eigenvalue weighted by atomic mass is 10.2. The molecule has 22 heavy (non-hydrogen) atoms. The van der Waals surface area contributed by atoms with Gasteiger partial charge < -0.3 is 9.30 Å². The van der Waals surface area contributed by atoms with E-state index < -0.39 is 0 Å². The van der Waals surface area contributed by atoms with Gasteiger partial charge in [0, 0.05) is 19.8 Å². The molecule has 0 unspecified atom stereocenters. The van der Waals surface area contributed by atoms with Crippen molar-refractivity contribution in [1.82, 2.24) is 19.5 Å². The Morgan fingerprint density at radius 1 is 1.05 bits per heavy atom. The molecule has 0 saturated carbocycles. The van der Waals surface area contributed by atoms with Crippen molar-refractivity contribution < 1.29 is 4.74 Å². The minimum atomic E-state index is 0.434. The molecule has 0 radical (unpaired) electrons. The Labute approximate surface area is 133 Å². The first-order valence-corrected chi connectivity index (χ1v) is 7.65. The lowest BCUT2D eigenvalue weighted by Crippen LogP contribution is -1.98. The second-order valence-electron chi connectivity index (χ2n) is 5.01. The zero-order valence-electron chi connectivity index (χ0n) is 12.2. The van der Waals surface area contributed by atoms with Crippen molar-refractivity contribution in [3.05, 3.63) is 53.7 Å². The maximum Gasteiger partial charge on any atom is 0.182 e. The van der Waals surface area contributed by atoms with Crippen LogP contribution >= 0.6 is 11.6 Å². The summed E-state index contributed by atoms with van der Waals surface area (Å²) in [5.74, 6) is 0. The van der Waals surface area contributed by atoms with Crippen LogP contribution in [0.3, 0.4) is 0 Å². The van der Waals surface area contributed by atoms with Gasteiger partial charge in [0.25, 0.3) is 0 Å². The molecular weight excluding hydrogens is 300 g/mol. The molecule has 1 aliphatic rings. The van der Waals surface area contributed by atoms with Crippen LogP contribution in [0.2, 0.25) is 5.15 Å². The number of aromatic nitrogens is 4. The van der Waals surface area contributed by atoms with Gasteiger partial charge in [-0.1, -0.05) is 41.9 Å². The number of benzene rings is 1. The van der Waals surface area contributed by atoms with E-state index in [-0.39, 0.29) is 0 Å². The van der Waals surface area contributed by atoms with Crippen molar-refractivity contribution in [2.75, 3.05) is 13.2 Å².